The van der Waals surface area contributed by atoms with Gasteiger partial charge in [0.1, 0.15) is 6.23 Å². The number of aliphatic hydroxyl groups is 1. The van der Waals surface area contributed by atoms with Crippen LogP contribution in [0, 0.1) is 13.8 Å². The molecular formula is C18H21NO2. The van der Waals surface area contributed by atoms with E-state index in [0.29, 0.717) is 19.4 Å². The third-order valence-corrected chi connectivity index (χ3v) is 4.50. The lowest BCUT2D eigenvalue weighted by Gasteiger charge is -2.20. The second-order valence-electron chi connectivity index (χ2n) is 5.93. The molecule has 1 saturated heterocycles. The first-order chi connectivity index (χ1) is 10.1. The number of aliphatic hydroxyl groups excluding tert-OH is 1. The zero-order chi connectivity index (χ0) is 15.0. The van der Waals surface area contributed by atoms with Gasteiger partial charge in [0.25, 0.3) is 0 Å². The first-order valence-corrected chi connectivity index (χ1v) is 7.52. The maximum absolute atomic E-state index is 11.7. The molecule has 0 saturated carbocycles. The van der Waals surface area contributed by atoms with E-state index >= 15 is 0 Å². The molecule has 2 aromatic rings. The maximum Gasteiger partial charge on any atom is 0.224 e. The Morgan fingerprint density at radius 2 is 2.00 bits per heavy atom. The van der Waals surface area contributed by atoms with Crippen LogP contribution in [0.5, 0.6) is 0 Å². The van der Waals surface area contributed by atoms with Crippen molar-refractivity contribution < 1.29 is 9.90 Å². The fourth-order valence-corrected chi connectivity index (χ4v) is 3.06. The molecular weight excluding hydrogens is 262 g/mol. The highest BCUT2D eigenvalue weighted by Gasteiger charge is 2.28. The van der Waals surface area contributed by atoms with Crippen molar-refractivity contribution in [3.05, 3.63) is 47.0 Å². The molecule has 1 unspecified atom stereocenters. The molecule has 1 heterocycles. The molecule has 0 spiro atoms. The summed E-state index contributed by atoms with van der Waals surface area (Å²) in [5.41, 5.74) is 3.82. The van der Waals surface area contributed by atoms with Gasteiger partial charge < -0.3 is 10.0 Å². The van der Waals surface area contributed by atoms with Gasteiger partial charge in [0.2, 0.25) is 5.91 Å². The molecule has 3 heteroatoms. The van der Waals surface area contributed by atoms with Gasteiger partial charge >= 0.3 is 0 Å². The van der Waals surface area contributed by atoms with Crippen LogP contribution in [0.25, 0.3) is 10.8 Å². The molecule has 2 aromatic carbocycles. The Morgan fingerprint density at radius 1 is 1.24 bits per heavy atom. The number of aryl methyl sites for hydroxylation is 2. The number of carbonyl (C=O) groups is 1. The third kappa shape index (κ3) is 2.66. The Morgan fingerprint density at radius 3 is 2.71 bits per heavy atom. The minimum absolute atomic E-state index is 0.0646. The highest BCUT2D eigenvalue weighted by molar-refractivity contribution is 5.87. The summed E-state index contributed by atoms with van der Waals surface area (Å²) in [4.78, 5) is 13.3. The van der Waals surface area contributed by atoms with E-state index in [1.165, 1.54) is 27.5 Å². The van der Waals surface area contributed by atoms with Gasteiger partial charge in [-0.05, 0) is 47.7 Å². The van der Waals surface area contributed by atoms with Crippen LogP contribution in [0.3, 0.4) is 0 Å². The number of hydrogen-bond acceptors (Lipinski definition) is 2. The van der Waals surface area contributed by atoms with Crippen molar-refractivity contribution in [2.24, 2.45) is 0 Å². The maximum atomic E-state index is 11.7. The van der Waals surface area contributed by atoms with Crippen LogP contribution in [0.4, 0.5) is 0 Å². The minimum atomic E-state index is -0.601. The number of benzene rings is 2. The van der Waals surface area contributed by atoms with Crippen molar-refractivity contribution in [3.63, 3.8) is 0 Å². The van der Waals surface area contributed by atoms with Crippen molar-refractivity contribution in [2.75, 3.05) is 6.54 Å². The van der Waals surface area contributed by atoms with Crippen molar-refractivity contribution in [2.45, 2.75) is 39.3 Å². The minimum Gasteiger partial charge on any atom is -0.374 e. The average molecular weight is 283 g/mol. The van der Waals surface area contributed by atoms with Gasteiger partial charge in [0.05, 0.1) is 0 Å². The van der Waals surface area contributed by atoms with Crippen molar-refractivity contribution in [1.29, 1.82) is 0 Å². The van der Waals surface area contributed by atoms with E-state index in [1.807, 2.05) is 0 Å². The predicted molar refractivity (Wildman–Crippen MR) is 84.1 cm³/mol. The number of likely N-dealkylation sites (tertiary alicyclic amines) is 1. The highest BCUT2D eigenvalue weighted by atomic mass is 16.3. The number of fused-ring (bicyclic) bond motifs is 1. The van der Waals surface area contributed by atoms with Crippen LogP contribution in [0.15, 0.2) is 30.3 Å². The molecule has 1 aliphatic rings. The standard InChI is InChI=1S/C18H21NO2/c1-12-10-15-5-3-4-14(16(15)11-13(12)2)8-9-19-17(20)6-7-18(19)21/h3-5,10-11,17,20H,6-9H2,1-2H3. The molecule has 0 bridgehead atoms. The van der Waals surface area contributed by atoms with Gasteiger partial charge in [-0.2, -0.15) is 0 Å². The molecule has 21 heavy (non-hydrogen) atoms. The van der Waals surface area contributed by atoms with Crippen LogP contribution < -0.4 is 0 Å². The summed E-state index contributed by atoms with van der Waals surface area (Å²) in [6.07, 6.45) is 1.21. The van der Waals surface area contributed by atoms with E-state index in [-0.39, 0.29) is 5.91 Å². The van der Waals surface area contributed by atoms with Gasteiger partial charge in [0.15, 0.2) is 0 Å². The smallest absolute Gasteiger partial charge is 0.224 e. The summed E-state index contributed by atoms with van der Waals surface area (Å²) in [5.74, 6) is 0.0646. The first-order valence-electron chi connectivity index (χ1n) is 7.52. The zero-order valence-electron chi connectivity index (χ0n) is 12.6. The number of nitrogens with zero attached hydrogens (tertiary/aromatic N) is 1. The normalized spacial score (nSPS) is 18.7. The summed E-state index contributed by atoms with van der Waals surface area (Å²) in [5, 5.41) is 12.3. The Bertz CT molecular complexity index is 693. The molecule has 0 aromatic heterocycles. The Balaban J connectivity index is 1.87. The molecule has 3 rings (SSSR count). The average Bonchev–Trinajstić information content (AvgIpc) is 2.77. The van der Waals surface area contributed by atoms with Crippen LogP contribution in [0.1, 0.15) is 29.5 Å². The Kier molecular flexibility index (Phi) is 3.68. The largest absolute Gasteiger partial charge is 0.374 e. The number of carbonyl (C=O) groups excluding carboxylic acids is 1. The quantitative estimate of drug-likeness (QED) is 0.941. The molecule has 1 fully saturated rings. The lowest BCUT2D eigenvalue weighted by atomic mass is 9.97. The Hall–Kier alpha value is -1.87. The Labute approximate surface area is 125 Å². The van der Waals surface area contributed by atoms with Crippen molar-refractivity contribution in [3.8, 4) is 0 Å². The van der Waals surface area contributed by atoms with Gasteiger partial charge in [-0.3, -0.25) is 4.79 Å². The molecule has 110 valence electrons. The topological polar surface area (TPSA) is 40.5 Å². The number of hydrogen-bond donors (Lipinski definition) is 1. The van der Waals surface area contributed by atoms with Crippen LogP contribution >= 0.6 is 0 Å². The van der Waals surface area contributed by atoms with E-state index in [0.717, 1.165) is 6.42 Å². The second-order valence-corrected chi connectivity index (χ2v) is 5.93. The molecule has 1 amide bonds. The van der Waals surface area contributed by atoms with Gasteiger partial charge in [-0.15, -0.1) is 0 Å². The van der Waals surface area contributed by atoms with E-state index in [4.69, 9.17) is 0 Å². The van der Waals surface area contributed by atoms with Crippen LogP contribution in [-0.2, 0) is 11.2 Å². The molecule has 3 nitrogen and oxygen atoms in total. The second kappa shape index (κ2) is 5.49. The van der Waals surface area contributed by atoms with Crippen molar-refractivity contribution >= 4 is 16.7 Å². The number of amides is 1. The van der Waals surface area contributed by atoms with Gasteiger partial charge in [0, 0.05) is 19.4 Å². The lowest BCUT2D eigenvalue weighted by molar-refractivity contribution is -0.133. The fourth-order valence-electron chi connectivity index (χ4n) is 3.06. The fraction of sp³-hybridized carbons (Fsp3) is 0.389. The SMILES string of the molecule is Cc1cc2cccc(CCN3C(=O)CCC3O)c2cc1C. The highest BCUT2D eigenvalue weighted by Crippen LogP contribution is 2.24. The molecule has 0 aliphatic carbocycles. The van der Waals surface area contributed by atoms with Gasteiger partial charge in [-0.25, -0.2) is 0 Å². The van der Waals surface area contributed by atoms with Crippen LogP contribution in [-0.4, -0.2) is 28.7 Å². The summed E-state index contributed by atoms with van der Waals surface area (Å²) < 4.78 is 0. The van der Waals surface area contributed by atoms with Gasteiger partial charge in [-0.1, -0.05) is 30.3 Å². The zero-order valence-corrected chi connectivity index (χ0v) is 12.6. The predicted octanol–water partition coefficient (Wildman–Crippen LogP) is 2.94. The molecule has 1 aliphatic heterocycles. The summed E-state index contributed by atoms with van der Waals surface area (Å²) >= 11 is 0. The van der Waals surface area contributed by atoms with E-state index in [1.54, 1.807) is 4.90 Å². The summed E-state index contributed by atoms with van der Waals surface area (Å²) in [7, 11) is 0. The van der Waals surface area contributed by atoms with Crippen LogP contribution in [0.2, 0.25) is 0 Å². The monoisotopic (exact) mass is 283 g/mol. The molecule has 1 N–H and O–H groups in total. The van der Waals surface area contributed by atoms with E-state index < -0.39 is 6.23 Å². The molecule has 1 atom stereocenters. The van der Waals surface area contributed by atoms with E-state index in [2.05, 4.69) is 44.2 Å². The summed E-state index contributed by atoms with van der Waals surface area (Å²) in [6, 6.07) is 10.7. The van der Waals surface area contributed by atoms with Crippen molar-refractivity contribution in [1.82, 2.24) is 4.90 Å². The first kappa shape index (κ1) is 14.1. The third-order valence-electron chi connectivity index (χ3n) is 4.50. The summed E-state index contributed by atoms with van der Waals surface area (Å²) in [6.45, 7) is 4.84. The van der Waals surface area contributed by atoms with E-state index in [9.17, 15) is 9.90 Å². The molecule has 0 radical (unpaired) electrons. The lowest BCUT2D eigenvalue weighted by Crippen LogP contribution is -2.34. The number of rotatable bonds is 3.